The van der Waals surface area contributed by atoms with Gasteiger partial charge >= 0.3 is 11.9 Å². The van der Waals surface area contributed by atoms with E-state index in [-0.39, 0.29) is 30.1 Å². The number of alkyl halides is 1. The Bertz CT molecular complexity index is 659. The molecule has 2 saturated carbocycles. The van der Waals surface area contributed by atoms with Crippen LogP contribution in [-0.4, -0.2) is 49.0 Å². The number of carbonyl (C=O) groups is 2. The highest BCUT2D eigenvalue weighted by Crippen LogP contribution is 2.56. The van der Waals surface area contributed by atoms with Gasteiger partial charge in [-0.1, -0.05) is 30.7 Å². The van der Waals surface area contributed by atoms with Crippen molar-refractivity contribution in [3.63, 3.8) is 0 Å². The van der Waals surface area contributed by atoms with Gasteiger partial charge in [-0.3, -0.25) is 0 Å². The van der Waals surface area contributed by atoms with Crippen LogP contribution in [0, 0.1) is 23.7 Å². The Morgan fingerprint density at radius 3 is 2.79 bits per heavy atom. The van der Waals surface area contributed by atoms with Gasteiger partial charge in [0.25, 0.3) is 0 Å². The van der Waals surface area contributed by atoms with Crippen molar-refractivity contribution in [1.29, 1.82) is 0 Å². The fourth-order valence-corrected chi connectivity index (χ4v) is 6.04. The lowest BCUT2D eigenvalue weighted by Gasteiger charge is -2.32. The summed E-state index contributed by atoms with van der Waals surface area (Å²) in [5, 5.41) is 0. The van der Waals surface area contributed by atoms with Gasteiger partial charge in [0.2, 0.25) is 4.87 Å². The van der Waals surface area contributed by atoms with Crippen molar-refractivity contribution in [2.75, 3.05) is 13.7 Å². The van der Waals surface area contributed by atoms with Gasteiger partial charge in [0, 0.05) is 18.4 Å². The molecule has 2 aliphatic heterocycles. The molecule has 7 heteroatoms. The maximum atomic E-state index is 12.6. The predicted octanol–water partition coefficient (Wildman–Crippen LogP) is 3.21. The molecule has 2 unspecified atom stereocenters. The highest BCUT2D eigenvalue weighted by molar-refractivity contribution is 6.45. The highest BCUT2D eigenvalue weighted by atomic mass is 35.5. The molecule has 4 rings (SSSR count). The summed E-state index contributed by atoms with van der Waals surface area (Å²) in [6.07, 6.45) is 4.65. The standard InChI is InChI=1S/C21H29ClO6/c1-11-7-8-14-18(28-20(24)21(14,22)19(23)25-3)17-12(2)15(10-13(11)17)27-16-6-4-5-9-26-16/h12-18H,1,4-10H2,2-3H3/t12-,13+,14-,15-,16?,17+,18+,21?/m1/s1. The molecular weight excluding hydrogens is 384 g/mol. The van der Waals surface area contributed by atoms with Gasteiger partial charge in [0.1, 0.15) is 6.10 Å². The maximum absolute atomic E-state index is 12.6. The average molecular weight is 413 g/mol. The van der Waals surface area contributed by atoms with Gasteiger partial charge in [-0.25, -0.2) is 9.59 Å². The van der Waals surface area contributed by atoms with Crippen molar-refractivity contribution in [2.45, 2.75) is 68.8 Å². The average Bonchev–Trinajstić information content (AvgIpc) is 3.09. The minimum Gasteiger partial charge on any atom is -0.467 e. The summed E-state index contributed by atoms with van der Waals surface area (Å²) in [5.41, 5.74) is 1.13. The summed E-state index contributed by atoms with van der Waals surface area (Å²) in [4.78, 5) is 23.2. The number of hydrogen-bond donors (Lipinski definition) is 0. The molecule has 4 aliphatic rings. The van der Waals surface area contributed by atoms with Gasteiger partial charge in [0.05, 0.1) is 13.2 Å². The summed E-state index contributed by atoms with van der Waals surface area (Å²) in [6, 6.07) is 0. The summed E-state index contributed by atoms with van der Waals surface area (Å²) >= 11 is 6.57. The van der Waals surface area contributed by atoms with Crippen LogP contribution in [0.25, 0.3) is 0 Å². The Kier molecular flexibility index (Phi) is 5.49. The Labute approximate surface area is 170 Å². The van der Waals surface area contributed by atoms with Crippen LogP contribution in [-0.2, 0) is 28.5 Å². The van der Waals surface area contributed by atoms with E-state index in [0.717, 1.165) is 37.9 Å². The van der Waals surface area contributed by atoms with E-state index in [2.05, 4.69) is 13.5 Å². The van der Waals surface area contributed by atoms with Gasteiger partial charge in [-0.05, 0) is 50.4 Å². The van der Waals surface area contributed by atoms with Gasteiger partial charge in [-0.15, -0.1) is 0 Å². The maximum Gasteiger partial charge on any atom is 0.339 e. The summed E-state index contributed by atoms with van der Waals surface area (Å²) < 4.78 is 22.7. The van der Waals surface area contributed by atoms with Crippen molar-refractivity contribution in [3.05, 3.63) is 12.2 Å². The Morgan fingerprint density at radius 2 is 2.11 bits per heavy atom. The third kappa shape index (κ3) is 3.08. The number of allylic oxidation sites excluding steroid dienone is 1. The second kappa shape index (κ2) is 7.62. The van der Waals surface area contributed by atoms with Crippen LogP contribution in [0.2, 0.25) is 0 Å². The molecule has 156 valence electrons. The normalized spacial score (nSPS) is 45.8. The molecule has 0 aromatic carbocycles. The van der Waals surface area contributed by atoms with Crippen molar-refractivity contribution in [2.24, 2.45) is 23.7 Å². The van der Waals surface area contributed by atoms with Crippen LogP contribution in [0.4, 0.5) is 0 Å². The lowest BCUT2D eigenvalue weighted by molar-refractivity contribution is -0.196. The summed E-state index contributed by atoms with van der Waals surface area (Å²) in [5.74, 6) is -1.49. The van der Waals surface area contributed by atoms with Crippen LogP contribution < -0.4 is 0 Å². The van der Waals surface area contributed by atoms with Crippen LogP contribution >= 0.6 is 11.6 Å². The second-order valence-electron chi connectivity index (χ2n) is 8.63. The predicted molar refractivity (Wildman–Crippen MR) is 102 cm³/mol. The molecule has 0 aromatic rings. The van der Waals surface area contributed by atoms with Gasteiger partial charge < -0.3 is 18.9 Å². The number of ether oxygens (including phenoxy) is 4. The highest BCUT2D eigenvalue weighted by Gasteiger charge is 2.66. The zero-order valence-corrected chi connectivity index (χ0v) is 17.3. The summed E-state index contributed by atoms with van der Waals surface area (Å²) in [6.45, 7) is 7.18. The van der Waals surface area contributed by atoms with Gasteiger partial charge in [0.15, 0.2) is 6.29 Å². The topological polar surface area (TPSA) is 71.1 Å². The molecule has 28 heavy (non-hydrogen) atoms. The SMILES string of the molecule is C=C1CC[C@@H]2[C@H](OC(=O)C2(Cl)C(=O)OC)[C@H]2[C@H](C)[C@H](OC3CCCCO3)C[C@@H]12. The van der Waals surface area contributed by atoms with Crippen molar-refractivity contribution < 1.29 is 28.5 Å². The number of methoxy groups -OCH3 is 1. The zero-order chi connectivity index (χ0) is 20.1. The van der Waals surface area contributed by atoms with E-state index >= 15 is 0 Å². The van der Waals surface area contributed by atoms with E-state index in [1.807, 2.05) is 0 Å². The van der Waals surface area contributed by atoms with E-state index in [4.69, 9.17) is 30.5 Å². The van der Waals surface area contributed by atoms with Crippen LogP contribution in [0.3, 0.4) is 0 Å². The molecule has 0 N–H and O–H groups in total. The Hall–Kier alpha value is -1.11. The first-order valence-corrected chi connectivity index (χ1v) is 10.7. The van der Waals surface area contributed by atoms with Crippen molar-refractivity contribution in [3.8, 4) is 0 Å². The van der Waals surface area contributed by atoms with E-state index in [1.54, 1.807) is 0 Å². The fourth-order valence-electron chi connectivity index (χ4n) is 5.68. The zero-order valence-electron chi connectivity index (χ0n) is 16.5. The molecule has 2 heterocycles. The first kappa shape index (κ1) is 20.2. The Balaban J connectivity index is 1.59. The first-order chi connectivity index (χ1) is 13.4. The minimum atomic E-state index is -1.76. The van der Waals surface area contributed by atoms with Crippen LogP contribution in [0.1, 0.15) is 45.4 Å². The lowest BCUT2D eigenvalue weighted by atomic mass is 9.77. The van der Waals surface area contributed by atoms with E-state index in [1.165, 1.54) is 7.11 Å². The molecule has 6 nitrogen and oxygen atoms in total. The molecule has 8 atom stereocenters. The van der Waals surface area contributed by atoms with Crippen LogP contribution in [0.5, 0.6) is 0 Å². The molecule has 0 bridgehead atoms. The number of hydrogen-bond acceptors (Lipinski definition) is 6. The van der Waals surface area contributed by atoms with E-state index in [9.17, 15) is 9.59 Å². The number of halogens is 1. The first-order valence-electron chi connectivity index (χ1n) is 10.3. The fraction of sp³-hybridized carbons (Fsp3) is 0.810. The number of carbonyl (C=O) groups excluding carboxylic acids is 2. The number of rotatable bonds is 3. The largest absolute Gasteiger partial charge is 0.467 e. The van der Waals surface area contributed by atoms with Gasteiger partial charge in [-0.2, -0.15) is 0 Å². The monoisotopic (exact) mass is 412 g/mol. The molecule has 0 radical (unpaired) electrons. The van der Waals surface area contributed by atoms with Crippen molar-refractivity contribution >= 4 is 23.5 Å². The second-order valence-corrected chi connectivity index (χ2v) is 9.22. The third-order valence-corrected chi connectivity index (χ3v) is 7.81. The molecule has 2 aliphatic carbocycles. The molecular formula is C21H29ClO6. The quantitative estimate of drug-likeness (QED) is 0.307. The molecule has 4 fully saturated rings. The number of esters is 2. The third-order valence-electron chi connectivity index (χ3n) is 7.22. The lowest BCUT2D eigenvalue weighted by Crippen LogP contribution is -2.46. The molecule has 0 amide bonds. The van der Waals surface area contributed by atoms with E-state index in [0.29, 0.717) is 12.8 Å². The minimum absolute atomic E-state index is 0.00996. The summed E-state index contributed by atoms with van der Waals surface area (Å²) in [7, 11) is 1.25. The number of fused-ring (bicyclic) bond motifs is 3. The molecule has 0 aromatic heterocycles. The Morgan fingerprint density at radius 1 is 1.32 bits per heavy atom. The molecule has 2 saturated heterocycles. The smallest absolute Gasteiger partial charge is 0.339 e. The molecule has 0 spiro atoms. The van der Waals surface area contributed by atoms with E-state index < -0.39 is 28.8 Å². The van der Waals surface area contributed by atoms with Crippen LogP contribution in [0.15, 0.2) is 12.2 Å². The van der Waals surface area contributed by atoms with Crippen molar-refractivity contribution in [1.82, 2.24) is 0 Å².